The van der Waals surface area contributed by atoms with Gasteiger partial charge in [-0.05, 0) is 34.1 Å². The van der Waals surface area contributed by atoms with E-state index in [0.717, 1.165) is 10.2 Å². The highest BCUT2D eigenvalue weighted by Crippen LogP contribution is 2.20. The van der Waals surface area contributed by atoms with Gasteiger partial charge in [0.15, 0.2) is 0 Å². The first kappa shape index (κ1) is 11.9. The van der Waals surface area contributed by atoms with Crippen molar-refractivity contribution in [1.82, 2.24) is 9.55 Å². The minimum Gasteiger partial charge on any atom is -0.382 e. The standard InChI is InChI=1S/C12H12BrN3O/c13-10-4-1-2-5-11(10)14-7-9-16-8-3-6-15-12(16)17/h1-6,8,14H,7,9H2. The number of benzene rings is 1. The molecule has 0 unspecified atom stereocenters. The zero-order chi connectivity index (χ0) is 12.1. The van der Waals surface area contributed by atoms with Crippen molar-refractivity contribution in [2.45, 2.75) is 6.54 Å². The number of aromatic nitrogens is 2. The summed E-state index contributed by atoms with van der Waals surface area (Å²) in [7, 11) is 0. The second-order valence-electron chi connectivity index (χ2n) is 3.50. The van der Waals surface area contributed by atoms with Crippen LogP contribution in [0.1, 0.15) is 0 Å². The van der Waals surface area contributed by atoms with Crippen molar-refractivity contribution >= 4 is 21.6 Å². The molecular formula is C12H12BrN3O. The molecule has 2 rings (SSSR count). The number of nitrogens with one attached hydrogen (secondary N) is 1. The molecule has 0 amide bonds. The van der Waals surface area contributed by atoms with Gasteiger partial charge in [0.2, 0.25) is 0 Å². The van der Waals surface area contributed by atoms with Crippen molar-refractivity contribution in [3.8, 4) is 0 Å². The minimum atomic E-state index is -0.221. The van der Waals surface area contributed by atoms with E-state index < -0.39 is 0 Å². The van der Waals surface area contributed by atoms with Crippen molar-refractivity contribution < 1.29 is 0 Å². The van der Waals surface area contributed by atoms with Gasteiger partial charge in [-0.15, -0.1) is 0 Å². The summed E-state index contributed by atoms with van der Waals surface area (Å²) in [6.07, 6.45) is 3.23. The maximum atomic E-state index is 11.3. The van der Waals surface area contributed by atoms with Crippen molar-refractivity contribution in [3.63, 3.8) is 0 Å². The number of nitrogens with zero attached hydrogens (tertiary/aromatic N) is 2. The molecule has 0 saturated heterocycles. The fourth-order valence-corrected chi connectivity index (χ4v) is 1.90. The van der Waals surface area contributed by atoms with Crippen molar-refractivity contribution in [1.29, 1.82) is 0 Å². The lowest BCUT2D eigenvalue weighted by molar-refractivity contribution is 0.674. The summed E-state index contributed by atoms with van der Waals surface area (Å²) in [5, 5.41) is 3.25. The molecule has 1 aromatic carbocycles. The van der Waals surface area contributed by atoms with Crippen LogP contribution in [-0.2, 0) is 6.54 Å². The van der Waals surface area contributed by atoms with Crippen LogP contribution in [-0.4, -0.2) is 16.1 Å². The Morgan fingerprint density at radius 2 is 2.12 bits per heavy atom. The Morgan fingerprint density at radius 3 is 2.88 bits per heavy atom. The van der Waals surface area contributed by atoms with Crippen LogP contribution in [0, 0.1) is 0 Å². The van der Waals surface area contributed by atoms with Gasteiger partial charge in [-0.2, -0.15) is 0 Å². The fraction of sp³-hybridized carbons (Fsp3) is 0.167. The van der Waals surface area contributed by atoms with Gasteiger partial charge in [-0.25, -0.2) is 9.78 Å². The average Bonchev–Trinajstić information content (AvgIpc) is 2.34. The number of halogens is 1. The predicted molar refractivity (Wildman–Crippen MR) is 71.1 cm³/mol. The van der Waals surface area contributed by atoms with Gasteiger partial charge in [0.1, 0.15) is 0 Å². The first-order chi connectivity index (χ1) is 8.27. The second-order valence-corrected chi connectivity index (χ2v) is 4.36. The van der Waals surface area contributed by atoms with E-state index in [1.54, 1.807) is 16.8 Å². The molecule has 1 N–H and O–H groups in total. The Balaban J connectivity index is 1.95. The molecule has 1 aromatic heterocycles. The Bertz CT molecular complexity index is 553. The van der Waals surface area contributed by atoms with E-state index in [0.29, 0.717) is 13.1 Å². The molecule has 88 valence electrons. The van der Waals surface area contributed by atoms with E-state index in [1.807, 2.05) is 24.3 Å². The Kier molecular flexibility index (Phi) is 3.93. The highest BCUT2D eigenvalue weighted by atomic mass is 79.9. The topological polar surface area (TPSA) is 46.9 Å². The van der Waals surface area contributed by atoms with Crippen LogP contribution in [0.25, 0.3) is 0 Å². The minimum absolute atomic E-state index is 0.221. The van der Waals surface area contributed by atoms with Crippen molar-refractivity contribution in [2.24, 2.45) is 0 Å². The number of hydrogen-bond acceptors (Lipinski definition) is 3. The maximum Gasteiger partial charge on any atom is 0.347 e. The molecule has 0 aliphatic rings. The van der Waals surface area contributed by atoms with Crippen molar-refractivity contribution in [3.05, 3.63) is 57.7 Å². The molecule has 0 atom stereocenters. The summed E-state index contributed by atoms with van der Waals surface area (Å²) in [5.41, 5.74) is 0.797. The normalized spacial score (nSPS) is 10.2. The van der Waals surface area contributed by atoms with Gasteiger partial charge in [-0.1, -0.05) is 12.1 Å². The highest BCUT2D eigenvalue weighted by molar-refractivity contribution is 9.10. The largest absolute Gasteiger partial charge is 0.382 e. The first-order valence-corrected chi connectivity index (χ1v) is 6.06. The quantitative estimate of drug-likeness (QED) is 0.939. The smallest absolute Gasteiger partial charge is 0.347 e. The Morgan fingerprint density at radius 1 is 1.29 bits per heavy atom. The third-order valence-corrected chi connectivity index (χ3v) is 3.02. The SMILES string of the molecule is O=c1ncccn1CCNc1ccccc1Br. The monoisotopic (exact) mass is 293 g/mol. The van der Waals surface area contributed by atoms with Crippen LogP contribution in [0.4, 0.5) is 5.69 Å². The third-order valence-electron chi connectivity index (χ3n) is 2.32. The second kappa shape index (κ2) is 5.63. The average molecular weight is 294 g/mol. The van der Waals surface area contributed by atoms with Crippen LogP contribution in [0.5, 0.6) is 0 Å². The summed E-state index contributed by atoms with van der Waals surface area (Å²) in [5.74, 6) is 0. The molecule has 0 spiro atoms. The lowest BCUT2D eigenvalue weighted by Crippen LogP contribution is -2.24. The zero-order valence-electron chi connectivity index (χ0n) is 9.14. The number of hydrogen-bond donors (Lipinski definition) is 1. The lowest BCUT2D eigenvalue weighted by Gasteiger charge is -2.09. The van der Waals surface area contributed by atoms with E-state index in [4.69, 9.17) is 0 Å². The molecule has 0 saturated carbocycles. The van der Waals surface area contributed by atoms with Gasteiger partial charge in [-0.3, -0.25) is 4.57 Å². The Hall–Kier alpha value is -1.62. The molecule has 0 aliphatic carbocycles. The summed E-state index contributed by atoms with van der Waals surface area (Å²) < 4.78 is 2.59. The van der Waals surface area contributed by atoms with E-state index in [-0.39, 0.29) is 5.69 Å². The van der Waals surface area contributed by atoms with Gasteiger partial charge in [0.25, 0.3) is 0 Å². The van der Waals surface area contributed by atoms with E-state index in [1.165, 1.54) is 6.20 Å². The maximum absolute atomic E-state index is 11.3. The molecule has 0 fully saturated rings. The van der Waals surface area contributed by atoms with E-state index in [2.05, 4.69) is 26.2 Å². The van der Waals surface area contributed by atoms with E-state index >= 15 is 0 Å². The van der Waals surface area contributed by atoms with Gasteiger partial charge in [0, 0.05) is 35.6 Å². The number of anilines is 1. The van der Waals surface area contributed by atoms with Gasteiger partial charge >= 0.3 is 5.69 Å². The predicted octanol–water partition coefficient (Wildman–Crippen LogP) is 2.12. The molecule has 5 heteroatoms. The van der Waals surface area contributed by atoms with Gasteiger partial charge in [0.05, 0.1) is 0 Å². The van der Waals surface area contributed by atoms with Crippen molar-refractivity contribution in [2.75, 3.05) is 11.9 Å². The van der Waals surface area contributed by atoms with E-state index in [9.17, 15) is 4.79 Å². The van der Waals surface area contributed by atoms with Crippen LogP contribution in [0.15, 0.2) is 52.0 Å². The molecule has 0 radical (unpaired) electrons. The van der Waals surface area contributed by atoms with Gasteiger partial charge < -0.3 is 5.32 Å². The highest BCUT2D eigenvalue weighted by Gasteiger charge is 1.98. The molecule has 1 heterocycles. The zero-order valence-corrected chi connectivity index (χ0v) is 10.7. The summed E-state index contributed by atoms with van der Waals surface area (Å²) >= 11 is 3.45. The summed E-state index contributed by atoms with van der Waals surface area (Å²) in [6, 6.07) is 9.62. The molecule has 17 heavy (non-hydrogen) atoms. The van der Waals surface area contributed by atoms with Crippen LogP contribution in [0.2, 0.25) is 0 Å². The first-order valence-electron chi connectivity index (χ1n) is 5.27. The third kappa shape index (κ3) is 3.17. The molecular weight excluding hydrogens is 282 g/mol. The molecule has 4 nitrogen and oxygen atoms in total. The fourth-order valence-electron chi connectivity index (χ4n) is 1.47. The summed E-state index contributed by atoms with van der Waals surface area (Å²) in [4.78, 5) is 15.0. The number of para-hydroxylation sites is 1. The Labute approximate surface area is 107 Å². The molecule has 0 aliphatic heterocycles. The lowest BCUT2D eigenvalue weighted by atomic mass is 10.3. The van der Waals surface area contributed by atoms with Crippen LogP contribution in [0.3, 0.4) is 0 Å². The van der Waals surface area contributed by atoms with Crippen LogP contribution >= 0.6 is 15.9 Å². The number of rotatable bonds is 4. The van der Waals surface area contributed by atoms with Crippen LogP contribution < -0.4 is 11.0 Å². The molecule has 2 aromatic rings. The summed E-state index contributed by atoms with van der Waals surface area (Å²) in [6.45, 7) is 1.27. The molecule has 0 bridgehead atoms.